The fourth-order valence-electron chi connectivity index (χ4n) is 3.77. The van der Waals surface area contributed by atoms with Gasteiger partial charge in [0.1, 0.15) is 11.5 Å². The van der Waals surface area contributed by atoms with E-state index in [1.54, 1.807) is 14.2 Å². The zero-order chi connectivity index (χ0) is 17.1. The Balaban J connectivity index is 1.58. The average molecular weight is 333 g/mol. The van der Waals surface area contributed by atoms with Gasteiger partial charge in [-0.3, -0.25) is 9.69 Å². The molecule has 2 aliphatic rings. The van der Waals surface area contributed by atoms with Crippen LogP contribution in [0.3, 0.4) is 0 Å². The molecular weight excluding hydrogens is 306 g/mol. The number of rotatable bonds is 5. The van der Waals surface area contributed by atoms with Gasteiger partial charge in [-0.25, -0.2) is 0 Å². The van der Waals surface area contributed by atoms with Crippen LogP contribution in [0.4, 0.5) is 0 Å². The SMILES string of the molecule is COc1ccc(OC)c(CC(=O)N[C@H]2C[C@H]3CN(C)CCN3C2)c1. The average Bonchev–Trinajstić information content (AvgIpc) is 2.95. The van der Waals surface area contributed by atoms with E-state index in [0.717, 1.165) is 49.7 Å². The molecule has 2 heterocycles. The third kappa shape index (κ3) is 3.82. The van der Waals surface area contributed by atoms with Crippen molar-refractivity contribution in [2.45, 2.75) is 24.9 Å². The molecule has 2 atom stereocenters. The van der Waals surface area contributed by atoms with Gasteiger partial charge in [0.15, 0.2) is 0 Å². The molecule has 0 aliphatic carbocycles. The van der Waals surface area contributed by atoms with Gasteiger partial charge in [0.05, 0.1) is 20.6 Å². The highest BCUT2D eigenvalue weighted by Crippen LogP contribution is 2.25. The van der Waals surface area contributed by atoms with E-state index in [9.17, 15) is 4.79 Å². The van der Waals surface area contributed by atoms with Crippen LogP contribution in [0.5, 0.6) is 11.5 Å². The number of fused-ring (bicyclic) bond motifs is 1. The second-order valence-electron chi connectivity index (χ2n) is 6.77. The molecule has 0 aromatic heterocycles. The van der Waals surface area contributed by atoms with E-state index >= 15 is 0 Å². The molecule has 2 fully saturated rings. The molecule has 6 nitrogen and oxygen atoms in total. The standard InChI is InChI=1S/C18H27N3O3/c1-20-6-7-21-11-14(10-15(21)12-20)19-18(22)9-13-8-16(23-2)4-5-17(13)24-3/h4-5,8,14-15H,6-7,9-12H2,1-3H3,(H,19,22)/t14-,15-/m0/s1. The highest BCUT2D eigenvalue weighted by atomic mass is 16.5. The lowest BCUT2D eigenvalue weighted by molar-refractivity contribution is -0.121. The maximum absolute atomic E-state index is 12.5. The van der Waals surface area contributed by atoms with E-state index in [1.807, 2.05) is 18.2 Å². The quantitative estimate of drug-likeness (QED) is 0.862. The molecule has 1 aromatic rings. The number of methoxy groups -OCH3 is 2. The maximum atomic E-state index is 12.5. The van der Waals surface area contributed by atoms with Gasteiger partial charge < -0.3 is 19.7 Å². The van der Waals surface area contributed by atoms with E-state index in [0.29, 0.717) is 12.5 Å². The molecule has 0 radical (unpaired) electrons. The summed E-state index contributed by atoms with van der Waals surface area (Å²) in [6.07, 6.45) is 1.34. The Bertz CT molecular complexity index is 593. The van der Waals surface area contributed by atoms with Gasteiger partial charge in [-0.1, -0.05) is 0 Å². The van der Waals surface area contributed by atoms with Gasteiger partial charge in [0, 0.05) is 43.8 Å². The number of amides is 1. The Labute approximate surface area is 143 Å². The summed E-state index contributed by atoms with van der Waals surface area (Å²) in [5, 5.41) is 3.19. The Morgan fingerprint density at radius 2 is 2.08 bits per heavy atom. The number of nitrogens with one attached hydrogen (secondary N) is 1. The lowest BCUT2D eigenvalue weighted by atomic mass is 10.1. The number of ether oxygens (including phenoxy) is 2. The Morgan fingerprint density at radius 1 is 1.25 bits per heavy atom. The molecule has 0 unspecified atom stereocenters. The lowest BCUT2D eigenvalue weighted by Gasteiger charge is -2.34. The predicted molar refractivity (Wildman–Crippen MR) is 92.7 cm³/mol. The summed E-state index contributed by atoms with van der Waals surface area (Å²) < 4.78 is 10.6. The molecule has 3 rings (SSSR count). The number of likely N-dealkylation sites (N-methyl/N-ethyl adjacent to an activating group) is 1. The zero-order valence-electron chi connectivity index (χ0n) is 14.7. The number of hydrogen-bond acceptors (Lipinski definition) is 5. The van der Waals surface area contributed by atoms with Crippen molar-refractivity contribution in [2.75, 3.05) is 47.4 Å². The number of hydrogen-bond donors (Lipinski definition) is 1. The fraction of sp³-hybridized carbons (Fsp3) is 0.611. The van der Waals surface area contributed by atoms with Crippen molar-refractivity contribution in [3.05, 3.63) is 23.8 Å². The van der Waals surface area contributed by atoms with Crippen molar-refractivity contribution in [1.29, 1.82) is 0 Å². The van der Waals surface area contributed by atoms with E-state index in [-0.39, 0.29) is 11.9 Å². The highest BCUT2D eigenvalue weighted by Gasteiger charge is 2.35. The van der Waals surface area contributed by atoms with Crippen molar-refractivity contribution in [1.82, 2.24) is 15.1 Å². The van der Waals surface area contributed by atoms with Crippen LogP contribution in [0.15, 0.2) is 18.2 Å². The number of carbonyl (C=O) groups excluding carboxylic acids is 1. The minimum Gasteiger partial charge on any atom is -0.497 e. The topological polar surface area (TPSA) is 54.0 Å². The summed E-state index contributed by atoms with van der Waals surface area (Å²) in [4.78, 5) is 17.3. The molecule has 1 amide bonds. The lowest BCUT2D eigenvalue weighted by Crippen LogP contribution is -2.48. The summed E-state index contributed by atoms with van der Waals surface area (Å²) >= 11 is 0. The Kier molecular flexibility index (Phi) is 5.26. The van der Waals surface area contributed by atoms with E-state index in [2.05, 4.69) is 22.2 Å². The normalized spacial score (nSPS) is 24.5. The van der Waals surface area contributed by atoms with Crippen LogP contribution in [-0.4, -0.2) is 75.2 Å². The van der Waals surface area contributed by atoms with Crippen molar-refractivity contribution in [2.24, 2.45) is 0 Å². The van der Waals surface area contributed by atoms with E-state index in [4.69, 9.17) is 9.47 Å². The van der Waals surface area contributed by atoms with E-state index < -0.39 is 0 Å². The Hall–Kier alpha value is -1.79. The minimum absolute atomic E-state index is 0.0414. The molecule has 1 aromatic carbocycles. The summed E-state index contributed by atoms with van der Waals surface area (Å²) in [5.41, 5.74) is 0.852. The smallest absolute Gasteiger partial charge is 0.224 e. The molecule has 0 saturated carbocycles. The van der Waals surface area contributed by atoms with Gasteiger partial charge in [-0.2, -0.15) is 0 Å². The molecular formula is C18H27N3O3. The first-order chi connectivity index (χ1) is 11.6. The van der Waals surface area contributed by atoms with Crippen LogP contribution in [0.1, 0.15) is 12.0 Å². The highest BCUT2D eigenvalue weighted by molar-refractivity contribution is 5.79. The number of nitrogens with zero attached hydrogens (tertiary/aromatic N) is 2. The van der Waals surface area contributed by atoms with Crippen LogP contribution in [0.25, 0.3) is 0 Å². The van der Waals surface area contributed by atoms with Crippen molar-refractivity contribution >= 4 is 5.91 Å². The third-order valence-electron chi connectivity index (χ3n) is 5.02. The molecule has 0 bridgehead atoms. The van der Waals surface area contributed by atoms with Gasteiger partial charge >= 0.3 is 0 Å². The first-order valence-electron chi connectivity index (χ1n) is 8.52. The number of piperazine rings is 1. The predicted octanol–water partition coefficient (Wildman–Crippen LogP) is 0.751. The molecule has 2 saturated heterocycles. The zero-order valence-corrected chi connectivity index (χ0v) is 14.7. The Morgan fingerprint density at radius 3 is 2.83 bits per heavy atom. The maximum Gasteiger partial charge on any atom is 0.224 e. The summed E-state index contributed by atoms with van der Waals surface area (Å²) in [6.45, 7) is 4.25. The van der Waals surface area contributed by atoms with Crippen LogP contribution in [-0.2, 0) is 11.2 Å². The summed E-state index contributed by atoms with van der Waals surface area (Å²) in [6, 6.07) is 6.36. The van der Waals surface area contributed by atoms with Crippen LogP contribution in [0.2, 0.25) is 0 Å². The van der Waals surface area contributed by atoms with Crippen LogP contribution >= 0.6 is 0 Å². The van der Waals surface area contributed by atoms with Crippen LogP contribution < -0.4 is 14.8 Å². The summed E-state index contributed by atoms with van der Waals surface area (Å²) in [5.74, 6) is 1.50. The number of benzene rings is 1. The third-order valence-corrected chi connectivity index (χ3v) is 5.02. The molecule has 6 heteroatoms. The van der Waals surface area contributed by atoms with E-state index in [1.165, 1.54) is 0 Å². The van der Waals surface area contributed by atoms with Gasteiger partial charge in [0.2, 0.25) is 5.91 Å². The molecule has 2 aliphatic heterocycles. The van der Waals surface area contributed by atoms with Crippen molar-refractivity contribution < 1.29 is 14.3 Å². The first kappa shape index (κ1) is 17.0. The second-order valence-corrected chi connectivity index (χ2v) is 6.77. The van der Waals surface area contributed by atoms with Crippen molar-refractivity contribution in [3.63, 3.8) is 0 Å². The summed E-state index contributed by atoms with van der Waals surface area (Å²) in [7, 11) is 5.41. The fourth-order valence-corrected chi connectivity index (χ4v) is 3.77. The first-order valence-corrected chi connectivity index (χ1v) is 8.52. The second kappa shape index (κ2) is 7.40. The minimum atomic E-state index is 0.0414. The molecule has 1 N–H and O–H groups in total. The molecule has 132 valence electrons. The largest absolute Gasteiger partial charge is 0.497 e. The molecule has 24 heavy (non-hydrogen) atoms. The van der Waals surface area contributed by atoms with Gasteiger partial charge in [0.25, 0.3) is 0 Å². The van der Waals surface area contributed by atoms with Crippen molar-refractivity contribution in [3.8, 4) is 11.5 Å². The van der Waals surface area contributed by atoms with Crippen LogP contribution in [0, 0.1) is 0 Å². The molecule has 0 spiro atoms. The van der Waals surface area contributed by atoms with Gasteiger partial charge in [-0.15, -0.1) is 0 Å². The van der Waals surface area contributed by atoms with Gasteiger partial charge in [-0.05, 0) is 31.7 Å². The monoisotopic (exact) mass is 333 g/mol. The number of carbonyl (C=O) groups is 1.